The third kappa shape index (κ3) is 4.89. The van der Waals surface area contributed by atoms with Gasteiger partial charge in [0.25, 0.3) is 0 Å². The third-order valence-corrected chi connectivity index (χ3v) is 2.74. The fourth-order valence-corrected chi connectivity index (χ4v) is 1.91. The Labute approximate surface area is 118 Å². The monoisotopic (exact) mass is 279 g/mol. The van der Waals surface area contributed by atoms with E-state index in [1.165, 1.54) is 6.07 Å². The summed E-state index contributed by atoms with van der Waals surface area (Å²) in [4.78, 5) is 24.8. The third-order valence-electron chi connectivity index (χ3n) is 2.74. The number of rotatable bonds is 5. The SMILES string of the molecule is Cc1ccc(NC(=O)NC(C)CN(C)C)cc1C(=O)O. The molecule has 0 aliphatic carbocycles. The Bertz CT molecular complexity index is 500. The van der Waals surface area contributed by atoms with Crippen molar-refractivity contribution < 1.29 is 14.7 Å². The van der Waals surface area contributed by atoms with Gasteiger partial charge in [-0.3, -0.25) is 0 Å². The molecular weight excluding hydrogens is 258 g/mol. The van der Waals surface area contributed by atoms with Gasteiger partial charge in [0, 0.05) is 18.3 Å². The Morgan fingerprint density at radius 2 is 2.00 bits per heavy atom. The molecule has 2 amide bonds. The first kappa shape index (κ1) is 16.0. The van der Waals surface area contributed by atoms with E-state index < -0.39 is 5.97 Å². The molecule has 0 heterocycles. The first-order valence-electron chi connectivity index (χ1n) is 6.35. The Balaban J connectivity index is 2.67. The number of carboxylic acid groups (broad SMARTS) is 1. The molecule has 1 atom stereocenters. The minimum absolute atomic E-state index is 0.00519. The van der Waals surface area contributed by atoms with Crippen LogP contribution in [-0.4, -0.2) is 48.7 Å². The fourth-order valence-electron chi connectivity index (χ4n) is 1.91. The van der Waals surface area contributed by atoms with Crippen molar-refractivity contribution in [3.8, 4) is 0 Å². The molecule has 0 radical (unpaired) electrons. The van der Waals surface area contributed by atoms with E-state index in [1.54, 1.807) is 19.1 Å². The summed E-state index contributed by atoms with van der Waals surface area (Å²) in [7, 11) is 3.85. The first-order chi connectivity index (χ1) is 9.29. The minimum Gasteiger partial charge on any atom is -0.478 e. The molecule has 1 unspecified atom stereocenters. The molecule has 0 saturated heterocycles. The maximum Gasteiger partial charge on any atom is 0.336 e. The number of anilines is 1. The van der Waals surface area contributed by atoms with Gasteiger partial charge in [-0.2, -0.15) is 0 Å². The van der Waals surface area contributed by atoms with Crippen LogP contribution in [0.2, 0.25) is 0 Å². The number of benzene rings is 1. The van der Waals surface area contributed by atoms with Crippen molar-refractivity contribution >= 4 is 17.7 Å². The maximum absolute atomic E-state index is 11.8. The van der Waals surface area contributed by atoms with Crippen LogP contribution < -0.4 is 10.6 Å². The van der Waals surface area contributed by atoms with Gasteiger partial charge in [0.1, 0.15) is 0 Å². The van der Waals surface area contributed by atoms with Crippen molar-refractivity contribution in [2.24, 2.45) is 0 Å². The van der Waals surface area contributed by atoms with Gasteiger partial charge in [-0.25, -0.2) is 9.59 Å². The molecule has 0 aromatic heterocycles. The lowest BCUT2D eigenvalue weighted by atomic mass is 10.1. The van der Waals surface area contributed by atoms with Gasteiger partial charge in [-0.1, -0.05) is 6.07 Å². The molecule has 1 rings (SSSR count). The smallest absolute Gasteiger partial charge is 0.336 e. The number of carbonyl (C=O) groups excluding carboxylic acids is 1. The molecule has 3 N–H and O–H groups in total. The molecule has 0 spiro atoms. The van der Waals surface area contributed by atoms with Crippen LogP contribution in [0, 0.1) is 6.92 Å². The van der Waals surface area contributed by atoms with Gasteiger partial charge in [0.15, 0.2) is 0 Å². The maximum atomic E-state index is 11.8. The zero-order chi connectivity index (χ0) is 15.3. The molecule has 0 saturated carbocycles. The number of urea groups is 1. The van der Waals surface area contributed by atoms with Gasteiger partial charge in [-0.15, -0.1) is 0 Å². The number of nitrogens with one attached hydrogen (secondary N) is 2. The van der Waals surface area contributed by atoms with Crippen molar-refractivity contribution in [3.05, 3.63) is 29.3 Å². The van der Waals surface area contributed by atoms with Crippen LogP contribution in [-0.2, 0) is 0 Å². The normalized spacial score (nSPS) is 12.1. The molecular formula is C14H21N3O3. The number of amides is 2. The number of aryl methyl sites for hydroxylation is 1. The number of carboxylic acids is 1. The van der Waals surface area contributed by atoms with Gasteiger partial charge in [0.2, 0.25) is 0 Å². The van der Waals surface area contributed by atoms with Crippen molar-refractivity contribution in [1.82, 2.24) is 10.2 Å². The van der Waals surface area contributed by atoms with E-state index in [-0.39, 0.29) is 17.6 Å². The largest absolute Gasteiger partial charge is 0.478 e. The van der Waals surface area contributed by atoms with Crippen molar-refractivity contribution in [3.63, 3.8) is 0 Å². The molecule has 0 bridgehead atoms. The second-order valence-corrected chi connectivity index (χ2v) is 5.10. The highest BCUT2D eigenvalue weighted by Crippen LogP contribution is 2.15. The summed E-state index contributed by atoms with van der Waals surface area (Å²) in [6.07, 6.45) is 0. The standard InChI is InChI=1S/C14H21N3O3/c1-9-5-6-11(7-12(9)13(18)19)16-14(20)15-10(2)8-17(3)4/h5-7,10H,8H2,1-4H3,(H,18,19)(H2,15,16,20). The number of nitrogens with zero attached hydrogens (tertiary/aromatic N) is 1. The number of likely N-dealkylation sites (N-methyl/N-ethyl adjacent to an activating group) is 1. The lowest BCUT2D eigenvalue weighted by molar-refractivity contribution is 0.0696. The van der Waals surface area contributed by atoms with Gasteiger partial charge < -0.3 is 20.6 Å². The number of carbonyl (C=O) groups is 2. The van der Waals surface area contributed by atoms with Crippen LogP contribution >= 0.6 is 0 Å². The second kappa shape index (κ2) is 6.91. The van der Waals surface area contributed by atoms with Crippen molar-refractivity contribution in [2.45, 2.75) is 19.9 Å². The topological polar surface area (TPSA) is 81.7 Å². The van der Waals surface area contributed by atoms with Gasteiger partial charge in [0.05, 0.1) is 5.56 Å². The van der Waals surface area contributed by atoms with Crippen molar-refractivity contribution in [2.75, 3.05) is 26.0 Å². The van der Waals surface area contributed by atoms with Crippen LogP contribution in [0.1, 0.15) is 22.8 Å². The summed E-state index contributed by atoms with van der Waals surface area (Å²) in [5.41, 5.74) is 1.30. The van der Waals surface area contributed by atoms with Crippen LogP contribution in [0.3, 0.4) is 0 Å². The Kier molecular flexibility index (Phi) is 5.52. The molecule has 6 nitrogen and oxygen atoms in total. The van der Waals surface area contributed by atoms with E-state index in [2.05, 4.69) is 10.6 Å². The molecule has 110 valence electrons. The highest BCUT2D eigenvalue weighted by Gasteiger charge is 2.11. The van der Waals surface area contributed by atoms with Crippen LogP contribution in [0.5, 0.6) is 0 Å². The lowest BCUT2D eigenvalue weighted by Gasteiger charge is -2.18. The molecule has 1 aromatic carbocycles. The molecule has 20 heavy (non-hydrogen) atoms. The molecule has 0 fully saturated rings. The number of hydrogen-bond donors (Lipinski definition) is 3. The van der Waals surface area contributed by atoms with Crippen LogP contribution in [0.25, 0.3) is 0 Å². The highest BCUT2D eigenvalue weighted by molar-refractivity contribution is 5.94. The van der Waals surface area contributed by atoms with E-state index in [9.17, 15) is 9.59 Å². The average Bonchev–Trinajstić information content (AvgIpc) is 2.29. The Hall–Kier alpha value is -2.08. The Morgan fingerprint density at radius 3 is 2.55 bits per heavy atom. The van der Waals surface area contributed by atoms with Crippen molar-refractivity contribution in [1.29, 1.82) is 0 Å². The van der Waals surface area contributed by atoms with Gasteiger partial charge >= 0.3 is 12.0 Å². The van der Waals surface area contributed by atoms with E-state index >= 15 is 0 Å². The zero-order valence-corrected chi connectivity index (χ0v) is 12.2. The van der Waals surface area contributed by atoms with Gasteiger partial charge in [-0.05, 0) is 45.6 Å². The molecule has 0 aliphatic heterocycles. The summed E-state index contributed by atoms with van der Waals surface area (Å²) < 4.78 is 0. The predicted octanol–water partition coefficient (Wildman–Crippen LogP) is 1.76. The molecule has 1 aromatic rings. The second-order valence-electron chi connectivity index (χ2n) is 5.10. The summed E-state index contributed by atoms with van der Waals surface area (Å²) in [5, 5.41) is 14.5. The number of aromatic carboxylic acids is 1. The summed E-state index contributed by atoms with van der Waals surface area (Å²) >= 11 is 0. The van der Waals surface area contributed by atoms with E-state index in [4.69, 9.17) is 5.11 Å². The zero-order valence-electron chi connectivity index (χ0n) is 12.2. The average molecular weight is 279 g/mol. The fraction of sp³-hybridized carbons (Fsp3) is 0.429. The molecule has 6 heteroatoms. The predicted molar refractivity (Wildman–Crippen MR) is 78.3 cm³/mol. The molecule has 0 aliphatic rings. The Morgan fingerprint density at radius 1 is 1.35 bits per heavy atom. The van der Waals surface area contributed by atoms with E-state index in [1.807, 2.05) is 25.9 Å². The summed E-state index contributed by atoms with van der Waals surface area (Å²) in [6.45, 7) is 4.34. The first-order valence-corrected chi connectivity index (χ1v) is 6.35. The summed E-state index contributed by atoms with van der Waals surface area (Å²) in [6, 6.07) is 4.45. The van der Waals surface area contributed by atoms with Crippen LogP contribution in [0.15, 0.2) is 18.2 Å². The highest BCUT2D eigenvalue weighted by atomic mass is 16.4. The summed E-state index contributed by atoms with van der Waals surface area (Å²) in [5.74, 6) is -1.01. The number of hydrogen-bond acceptors (Lipinski definition) is 3. The quantitative estimate of drug-likeness (QED) is 0.767. The van der Waals surface area contributed by atoms with E-state index in [0.29, 0.717) is 11.3 Å². The van der Waals surface area contributed by atoms with E-state index in [0.717, 1.165) is 6.54 Å². The minimum atomic E-state index is -1.01. The lowest BCUT2D eigenvalue weighted by Crippen LogP contribution is -2.41. The van der Waals surface area contributed by atoms with Crippen LogP contribution in [0.4, 0.5) is 10.5 Å².